The molecule has 2 aromatic carbocycles. The van der Waals surface area contributed by atoms with Crippen LogP contribution in [0.25, 0.3) is 5.69 Å². The molecule has 0 aliphatic carbocycles. The van der Waals surface area contributed by atoms with E-state index in [4.69, 9.17) is 0 Å². The Morgan fingerprint density at radius 2 is 1.58 bits per heavy atom. The standard InChI is InChI=1S/C19H20N4O/c1-12-8-10-16(11-9-12)23-15(4)18(21-22-23)19(24)20-17-13(2)6-5-7-14(17)3/h5-11H,1-4H3,(H,20,24). The number of benzene rings is 2. The Balaban J connectivity index is 1.90. The van der Waals surface area contributed by atoms with Crippen LogP contribution in [-0.4, -0.2) is 20.9 Å². The third kappa shape index (κ3) is 2.93. The molecular formula is C19H20N4O. The van der Waals surface area contributed by atoms with Crippen molar-refractivity contribution < 1.29 is 4.79 Å². The summed E-state index contributed by atoms with van der Waals surface area (Å²) in [7, 11) is 0. The maximum absolute atomic E-state index is 12.6. The van der Waals surface area contributed by atoms with Gasteiger partial charge in [0, 0.05) is 5.69 Å². The number of carbonyl (C=O) groups excluding carboxylic acids is 1. The summed E-state index contributed by atoms with van der Waals surface area (Å²) < 4.78 is 1.68. The number of para-hydroxylation sites is 1. The number of carbonyl (C=O) groups is 1. The molecule has 1 aromatic heterocycles. The molecule has 0 fully saturated rings. The van der Waals surface area contributed by atoms with Crippen LogP contribution in [0.2, 0.25) is 0 Å². The second-order valence-electron chi connectivity index (χ2n) is 5.99. The van der Waals surface area contributed by atoms with Crippen LogP contribution in [0, 0.1) is 27.7 Å². The lowest BCUT2D eigenvalue weighted by Gasteiger charge is -2.10. The van der Waals surface area contributed by atoms with E-state index < -0.39 is 0 Å². The monoisotopic (exact) mass is 320 g/mol. The van der Waals surface area contributed by atoms with Crippen molar-refractivity contribution in [2.24, 2.45) is 0 Å². The smallest absolute Gasteiger partial charge is 0.278 e. The molecule has 24 heavy (non-hydrogen) atoms. The fourth-order valence-corrected chi connectivity index (χ4v) is 2.65. The molecule has 5 nitrogen and oxygen atoms in total. The molecule has 0 bridgehead atoms. The Kier molecular flexibility index (Phi) is 4.16. The first-order valence-electron chi connectivity index (χ1n) is 7.84. The van der Waals surface area contributed by atoms with Gasteiger partial charge in [0.05, 0.1) is 11.4 Å². The fourth-order valence-electron chi connectivity index (χ4n) is 2.65. The molecule has 122 valence electrons. The van der Waals surface area contributed by atoms with Gasteiger partial charge in [-0.3, -0.25) is 4.79 Å². The highest BCUT2D eigenvalue weighted by atomic mass is 16.2. The normalized spacial score (nSPS) is 10.7. The van der Waals surface area contributed by atoms with Crippen LogP contribution in [0.4, 0.5) is 5.69 Å². The summed E-state index contributed by atoms with van der Waals surface area (Å²) in [4.78, 5) is 12.6. The number of nitrogens with zero attached hydrogens (tertiary/aromatic N) is 3. The molecule has 0 aliphatic rings. The lowest BCUT2D eigenvalue weighted by molar-refractivity contribution is 0.102. The highest BCUT2D eigenvalue weighted by molar-refractivity contribution is 6.04. The zero-order valence-electron chi connectivity index (χ0n) is 14.3. The third-order valence-electron chi connectivity index (χ3n) is 4.11. The first kappa shape index (κ1) is 15.9. The highest BCUT2D eigenvalue weighted by Gasteiger charge is 2.18. The van der Waals surface area contributed by atoms with E-state index in [1.54, 1.807) is 4.68 Å². The fraction of sp³-hybridized carbons (Fsp3) is 0.211. The quantitative estimate of drug-likeness (QED) is 0.799. The van der Waals surface area contributed by atoms with Crippen molar-refractivity contribution in [3.63, 3.8) is 0 Å². The lowest BCUT2D eigenvalue weighted by Crippen LogP contribution is -2.15. The summed E-state index contributed by atoms with van der Waals surface area (Å²) >= 11 is 0. The second kappa shape index (κ2) is 6.28. The number of aryl methyl sites for hydroxylation is 3. The van der Waals surface area contributed by atoms with Crippen molar-refractivity contribution in [1.29, 1.82) is 0 Å². The molecule has 0 saturated carbocycles. The SMILES string of the molecule is Cc1ccc(-n2nnc(C(=O)Nc3c(C)cccc3C)c2C)cc1. The topological polar surface area (TPSA) is 59.8 Å². The molecule has 0 atom stereocenters. The van der Waals surface area contributed by atoms with Gasteiger partial charge in [-0.05, 0) is 51.0 Å². The number of rotatable bonds is 3. The van der Waals surface area contributed by atoms with E-state index in [9.17, 15) is 4.79 Å². The van der Waals surface area contributed by atoms with Gasteiger partial charge in [0.1, 0.15) is 0 Å². The maximum atomic E-state index is 12.6. The van der Waals surface area contributed by atoms with Crippen LogP contribution in [0.5, 0.6) is 0 Å². The van der Waals surface area contributed by atoms with Gasteiger partial charge in [0.25, 0.3) is 5.91 Å². The van der Waals surface area contributed by atoms with Crippen LogP contribution in [0.15, 0.2) is 42.5 Å². The van der Waals surface area contributed by atoms with Gasteiger partial charge in [-0.25, -0.2) is 4.68 Å². The number of anilines is 1. The molecule has 1 N–H and O–H groups in total. The number of aromatic nitrogens is 3. The molecule has 5 heteroatoms. The first-order valence-corrected chi connectivity index (χ1v) is 7.84. The Hall–Kier alpha value is -2.95. The van der Waals surface area contributed by atoms with Crippen molar-refractivity contribution in [3.05, 3.63) is 70.5 Å². The number of nitrogens with one attached hydrogen (secondary N) is 1. The van der Waals surface area contributed by atoms with Gasteiger partial charge in [-0.15, -0.1) is 5.10 Å². The van der Waals surface area contributed by atoms with E-state index in [1.807, 2.05) is 70.2 Å². The van der Waals surface area contributed by atoms with Crippen LogP contribution in [0.3, 0.4) is 0 Å². The van der Waals surface area contributed by atoms with E-state index in [0.29, 0.717) is 11.4 Å². The van der Waals surface area contributed by atoms with Crippen molar-refractivity contribution >= 4 is 11.6 Å². The number of hydrogen-bond donors (Lipinski definition) is 1. The van der Waals surface area contributed by atoms with Crippen LogP contribution < -0.4 is 5.32 Å². The Morgan fingerprint density at radius 3 is 2.21 bits per heavy atom. The summed E-state index contributed by atoms with van der Waals surface area (Å²) in [5, 5.41) is 11.2. The molecule has 3 aromatic rings. The molecule has 1 heterocycles. The number of amides is 1. The zero-order valence-corrected chi connectivity index (χ0v) is 14.3. The maximum Gasteiger partial charge on any atom is 0.278 e. The summed E-state index contributed by atoms with van der Waals surface area (Å²) in [6.07, 6.45) is 0. The summed E-state index contributed by atoms with van der Waals surface area (Å²) in [5.41, 5.74) is 5.97. The van der Waals surface area contributed by atoms with Crippen LogP contribution in [0.1, 0.15) is 32.9 Å². The first-order chi connectivity index (χ1) is 11.5. The average molecular weight is 320 g/mol. The molecule has 0 aliphatic heterocycles. The minimum absolute atomic E-state index is 0.247. The van der Waals surface area contributed by atoms with Crippen LogP contribution in [-0.2, 0) is 0 Å². The van der Waals surface area contributed by atoms with E-state index in [1.165, 1.54) is 5.56 Å². The third-order valence-corrected chi connectivity index (χ3v) is 4.11. The summed E-state index contributed by atoms with van der Waals surface area (Å²) in [6.45, 7) is 7.82. The molecule has 0 radical (unpaired) electrons. The van der Waals surface area contributed by atoms with E-state index >= 15 is 0 Å². The Bertz CT molecular complexity index is 874. The molecular weight excluding hydrogens is 300 g/mol. The molecule has 0 spiro atoms. The Labute approximate surface area is 141 Å². The molecule has 3 rings (SSSR count). The van der Waals surface area contributed by atoms with Crippen molar-refractivity contribution in [2.45, 2.75) is 27.7 Å². The minimum atomic E-state index is -0.247. The van der Waals surface area contributed by atoms with Crippen LogP contribution >= 0.6 is 0 Å². The molecule has 0 unspecified atom stereocenters. The lowest BCUT2D eigenvalue weighted by atomic mass is 10.1. The van der Waals surface area contributed by atoms with Crippen molar-refractivity contribution in [1.82, 2.24) is 15.0 Å². The largest absolute Gasteiger partial charge is 0.320 e. The average Bonchev–Trinajstić information content (AvgIpc) is 2.93. The highest BCUT2D eigenvalue weighted by Crippen LogP contribution is 2.21. The molecule has 0 saturated heterocycles. The van der Waals surface area contributed by atoms with Crippen molar-refractivity contribution in [3.8, 4) is 5.69 Å². The van der Waals surface area contributed by atoms with Gasteiger partial charge in [0.2, 0.25) is 0 Å². The van der Waals surface area contributed by atoms with Crippen molar-refractivity contribution in [2.75, 3.05) is 5.32 Å². The predicted molar refractivity (Wildman–Crippen MR) is 94.7 cm³/mol. The minimum Gasteiger partial charge on any atom is -0.320 e. The summed E-state index contributed by atoms with van der Waals surface area (Å²) in [6, 6.07) is 13.9. The van der Waals surface area contributed by atoms with Gasteiger partial charge >= 0.3 is 0 Å². The van der Waals surface area contributed by atoms with Gasteiger partial charge in [-0.2, -0.15) is 0 Å². The summed E-state index contributed by atoms with van der Waals surface area (Å²) in [5.74, 6) is -0.247. The van der Waals surface area contributed by atoms with Gasteiger partial charge in [0.15, 0.2) is 5.69 Å². The van der Waals surface area contributed by atoms with E-state index in [-0.39, 0.29) is 5.91 Å². The predicted octanol–water partition coefficient (Wildman–Crippen LogP) is 3.75. The van der Waals surface area contributed by atoms with Gasteiger partial charge in [-0.1, -0.05) is 41.1 Å². The van der Waals surface area contributed by atoms with E-state index in [2.05, 4.69) is 15.6 Å². The zero-order chi connectivity index (χ0) is 17.3. The van der Waals surface area contributed by atoms with E-state index in [0.717, 1.165) is 22.5 Å². The molecule has 1 amide bonds. The Morgan fingerprint density at radius 1 is 0.958 bits per heavy atom. The second-order valence-corrected chi connectivity index (χ2v) is 5.99. The number of hydrogen-bond acceptors (Lipinski definition) is 3. The van der Waals surface area contributed by atoms with Gasteiger partial charge < -0.3 is 5.32 Å².